The molecule has 80 valence electrons. The number of aromatic amines is 1. The molecule has 0 aromatic carbocycles. The highest BCUT2D eigenvalue weighted by Crippen LogP contribution is 2.02. The number of hydrogen-bond acceptors (Lipinski definition) is 1. The van der Waals surface area contributed by atoms with Gasteiger partial charge in [-0.3, -0.25) is 0 Å². The fourth-order valence-electron chi connectivity index (χ4n) is 1.71. The Balaban J connectivity index is 2.04. The zero-order valence-electron chi connectivity index (χ0n) is 9.42. The normalized spacial score (nSPS) is 11.1. The first kappa shape index (κ1) is 11.3. The first-order valence-electron chi connectivity index (χ1n) is 5.71. The van der Waals surface area contributed by atoms with Crippen molar-refractivity contribution in [2.75, 3.05) is 19.6 Å². The van der Waals surface area contributed by atoms with Crippen LogP contribution in [0.1, 0.15) is 32.4 Å². The molecule has 0 radical (unpaired) electrons. The van der Waals surface area contributed by atoms with Crippen molar-refractivity contribution >= 4 is 0 Å². The zero-order chi connectivity index (χ0) is 10.2. The molecule has 0 fully saturated rings. The minimum atomic E-state index is 1.18. The van der Waals surface area contributed by atoms with E-state index in [1.165, 1.54) is 44.6 Å². The summed E-state index contributed by atoms with van der Waals surface area (Å²) in [5.41, 5.74) is 1.37. The average molecular weight is 194 g/mol. The van der Waals surface area contributed by atoms with Gasteiger partial charge < -0.3 is 9.88 Å². The molecule has 0 aliphatic heterocycles. The second kappa shape index (κ2) is 6.66. The van der Waals surface area contributed by atoms with E-state index in [-0.39, 0.29) is 0 Å². The maximum atomic E-state index is 3.24. The van der Waals surface area contributed by atoms with Gasteiger partial charge in [0.1, 0.15) is 0 Å². The highest BCUT2D eigenvalue weighted by molar-refractivity contribution is 5.03. The Kier molecular flexibility index (Phi) is 5.38. The van der Waals surface area contributed by atoms with Crippen LogP contribution in [0.3, 0.4) is 0 Å². The molecule has 0 bridgehead atoms. The summed E-state index contributed by atoms with van der Waals surface area (Å²) in [6, 6.07) is 4.23. The smallest absolute Gasteiger partial charge is 0.0147 e. The van der Waals surface area contributed by atoms with E-state index in [1.807, 2.05) is 6.20 Å². The molecule has 0 aliphatic carbocycles. The van der Waals surface area contributed by atoms with Crippen LogP contribution in [-0.2, 0) is 6.42 Å². The van der Waals surface area contributed by atoms with Crippen LogP contribution in [0.2, 0.25) is 0 Å². The lowest BCUT2D eigenvalue weighted by atomic mass is 10.2. The maximum absolute atomic E-state index is 3.24. The van der Waals surface area contributed by atoms with Crippen molar-refractivity contribution in [3.05, 3.63) is 24.0 Å². The van der Waals surface area contributed by atoms with Gasteiger partial charge in [0, 0.05) is 11.9 Å². The molecule has 0 spiro atoms. The number of aromatic nitrogens is 1. The fourth-order valence-corrected chi connectivity index (χ4v) is 1.71. The highest BCUT2D eigenvalue weighted by atomic mass is 15.1. The van der Waals surface area contributed by atoms with Crippen LogP contribution < -0.4 is 0 Å². The Hall–Kier alpha value is -0.760. The topological polar surface area (TPSA) is 19.0 Å². The zero-order valence-corrected chi connectivity index (χ0v) is 9.42. The summed E-state index contributed by atoms with van der Waals surface area (Å²) in [5.74, 6) is 0. The van der Waals surface area contributed by atoms with E-state index in [9.17, 15) is 0 Å². The number of unbranched alkanes of at least 4 members (excludes halogenated alkanes) is 1. The van der Waals surface area contributed by atoms with E-state index in [1.54, 1.807) is 0 Å². The second-order valence-electron chi connectivity index (χ2n) is 3.68. The predicted molar refractivity (Wildman–Crippen MR) is 61.5 cm³/mol. The lowest BCUT2D eigenvalue weighted by Gasteiger charge is -2.17. The fraction of sp³-hybridized carbons (Fsp3) is 0.667. The van der Waals surface area contributed by atoms with Gasteiger partial charge in [0.25, 0.3) is 0 Å². The summed E-state index contributed by atoms with van der Waals surface area (Å²) >= 11 is 0. The van der Waals surface area contributed by atoms with Crippen molar-refractivity contribution in [3.8, 4) is 0 Å². The van der Waals surface area contributed by atoms with E-state index < -0.39 is 0 Å². The Bertz CT molecular complexity index is 212. The van der Waals surface area contributed by atoms with Crippen LogP contribution in [0.4, 0.5) is 0 Å². The molecular weight excluding hydrogens is 172 g/mol. The Morgan fingerprint density at radius 2 is 2.00 bits per heavy atom. The predicted octanol–water partition coefficient (Wildman–Crippen LogP) is 2.68. The Morgan fingerprint density at radius 3 is 2.57 bits per heavy atom. The molecular formula is C12H22N2. The minimum Gasteiger partial charge on any atom is -0.365 e. The average Bonchev–Trinajstić information content (AvgIpc) is 2.71. The summed E-state index contributed by atoms with van der Waals surface area (Å²) in [6.45, 7) is 8.06. The standard InChI is InChI=1S/C12H22N2/c1-3-14(4-2)11-6-5-8-12-9-7-10-13-12/h7,9-10,13H,3-6,8,11H2,1-2H3. The summed E-state index contributed by atoms with van der Waals surface area (Å²) in [5, 5.41) is 0. The third kappa shape index (κ3) is 3.97. The van der Waals surface area contributed by atoms with Crippen molar-refractivity contribution in [1.29, 1.82) is 0 Å². The molecule has 1 aromatic heterocycles. The molecule has 0 atom stereocenters. The molecule has 0 saturated carbocycles. The van der Waals surface area contributed by atoms with Crippen molar-refractivity contribution in [3.63, 3.8) is 0 Å². The maximum Gasteiger partial charge on any atom is 0.0147 e. The minimum absolute atomic E-state index is 1.18. The molecule has 2 heteroatoms. The molecule has 0 amide bonds. The van der Waals surface area contributed by atoms with Crippen LogP contribution in [0, 0.1) is 0 Å². The largest absolute Gasteiger partial charge is 0.365 e. The lowest BCUT2D eigenvalue weighted by Crippen LogP contribution is -2.23. The molecule has 1 aromatic rings. The van der Waals surface area contributed by atoms with E-state index in [0.29, 0.717) is 0 Å². The third-order valence-corrected chi connectivity index (χ3v) is 2.73. The molecule has 0 saturated heterocycles. The number of hydrogen-bond donors (Lipinski definition) is 1. The molecule has 2 nitrogen and oxygen atoms in total. The first-order chi connectivity index (χ1) is 6.86. The number of aryl methyl sites for hydroxylation is 1. The third-order valence-electron chi connectivity index (χ3n) is 2.73. The molecule has 1 rings (SSSR count). The van der Waals surface area contributed by atoms with Gasteiger partial charge in [-0.1, -0.05) is 13.8 Å². The summed E-state index contributed by atoms with van der Waals surface area (Å²) in [6.07, 6.45) is 5.78. The molecule has 0 unspecified atom stereocenters. The van der Waals surface area contributed by atoms with Crippen molar-refractivity contribution in [1.82, 2.24) is 9.88 Å². The summed E-state index contributed by atoms with van der Waals surface area (Å²) in [7, 11) is 0. The second-order valence-corrected chi connectivity index (χ2v) is 3.68. The quantitative estimate of drug-likeness (QED) is 0.661. The van der Waals surface area contributed by atoms with Gasteiger partial charge in [0.2, 0.25) is 0 Å². The van der Waals surface area contributed by atoms with Crippen molar-refractivity contribution in [2.24, 2.45) is 0 Å². The Morgan fingerprint density at radius 1 is 1.21 bits per heavy atom. The number of nitrogens with one attached hydrogen (secondary N) is 1. The van der Waals surface area contributed by atoms with E-state index in [4.69, 9.17) is 0 Å². The molecule has 1 N–H and O–H groups in total. The van der Waals surface area contributed by atoms with Crippen molar-refractivity contribution in [2.45, 2.75) is 33.1 Å². The molecule has 0 aliphatic rings. The van der Waals surface area contributed by atoms with Crippen molar-refractivity contribution < 1.29 is 0 Å². The van der Waals surface area contributed by atoms with Gasteiger partial charge in [-0.2, -0.15) is 0 Å². The van der Waals surface area contributed by atoms with Gasteiger partial charge in [-0.05, 0) is 51.0 Å². The summed E-state index contributed by atoms with van der Waals surface area (Å²) < 4.78 is 0. The highest BCUT2D eigenvalue weighted by Gasteiger charge is 1.98. The van der Waals surface area contributed by atoms with Crippen LogP contribution in [0.15, 0.2) is 18.3 Å². The number of rotatable bonds is 7. The van der Waals surface area contributed by atoms with Gasteiger partial charge in [-0.15, -0.1) is 0 Å². The van der Waals surface area contributed by atoms with E-state index in [2.05, 4.69) is 35.9 Å². The van der Waals surface area contributed by atoms with Crippen LogP contribution in [0.5, 0.6) is 0 Å². The van der Waals surface area contributed by atoms with Crippen LogP contribution in [0.25, 0.3) is 0 Å². The SMILES string of the molecule is CCN(CC)CCCCc1ccc[nH]1. The van der Waals surface area contributed by atoms with Gasteiger partial charge in [-0.25, -0.2) is 0 Å². The molecule has 1 heterocycles. The van der Waals surface area contributed by atoms with Gasteiger partial charge in [0.15, 0.2) is 0 Å². The number of nitrogens with zero attached hydrogens (tertiary/aromatic N) is 1. The Labute approximate surface area is 87.3 Å². The van der Waals surface area contributed by atoms with Gasteiger partial charge in [0.05, 0.1) is 0 Å². The lowest BCUT2D eigenvalue weighted by molar-refractivity contribution is 0.297. The van der Waals surface area contributed by atoms with E-state index >= 15 is 0 Å². The van der Waals surface area contributed by atoms with Crippen LogP contribution in [-0.4, -0.2) is 29.5 Å². The monoisotopic (exact) mass is 194 g/mol. The number of H-pyrrole nitrogens is 1. The summed E-state index contributed by atoms with van der Waals surface area (Å²) in [4.78, 5) is 5.72. The van der Waals surface area contributed by atoms with Crippen LogP contribution >= 0.6 is 0 Å². The first-order valence-corrected chi connectivity index (χ1v) is 5.71. The molecule has 14 heavy (non-hydrogen) atoms. The van der Waals surface area contributed by atoms with E-state index in [0.717, 1.165) is 0 Å². The van der Waals surface area contributed by atoms with Gasteiger partial charge >= 0.3 is 0 Å².